The van der Waals surface area contributed by atoms with Crippen LogP contribution in [0.15, 0.2) is 77.9 Å². The van der Waals surface area contributed by atoms with Crippen LogP contribution in [0.1, 0.15) is 16.7 Å². The van der Waals surface area contributed by atoms with E-state index >= 15 is 0 Å². The van der Waals surface area contributed by atoms with E-state index < -0.39 is 23.6 Å². The van der Waals surface area contributed by atoms with Crippen LogP contribution in [-0.4, -0.2) is 18.0 Å². The lowest BCUT2D eigenvalue weighted by molar-refractivity contribution is -0.137. The molecule has 0 aromatic heterocycles. The first-order valence-corrected chi connectivity index (χ1v) is 9.50. The van der Waals surface area contributed by atoms with E-state index in [-0.39, 0.29) is 18.1 Å². The van der Waals surface area contributed by atoms with Crippen molar-refractivity contribution in [1.82, 2.24) is 5.43 Å². The molecule has 0 fully saturated rings. The topological polar surface area (TPSA) is 79.8 Å². The Bertz CT molecular complexity index is 1180. The molecule has 0 bridgehead atoms. The largest absolute Gasteiger partial charge is 0.489 e. The van der Waals surface area contributed by atoms with E-state index in [2.05, 4.69) is 10.4 Å². The average molecular weight is 459 g/mol. The Morgan fingerprint density at radius 3 is 2.45 bits per heavy atom. The molecular formula is C23H17F4N3O3. The molecular weight excluding hydrogens is 442 g/mol. The Balaban J connectivity index is 1.54. The lowest BCUT2D eigenvalue weighted by Gasteiger charge is -2.09. The summed E-state index contributed by atoms with van der Waals surface area (Å²) in [5.74, 6) is -2.32. The van der Waals surface area contributed by atoms with Crippen molar-refractivity contribution in [2.45, 2.75) is 12.8 Å². The van der Waals surface area contributed by atoms with Crippen LogP contribution < -0.4 is 15.5 Å². The van der Waals surface area contributed by atoms with Gasteiger partial charge in [-0.15, -0.1) is 0 Å². The number of nitrogens with zero attached hydrogens (tertiary/aromatic N) is 1. The van der Waals surface area contributed by atoms with E-state index in [0.717, 1.165) is 12.1 Å². The van der Waals surface area contributed by atoms with Crippen molar-refractivity contribution in [2.75, 3.05) is 5.32 Å². The zero-order valence-electron chi connectivity index (χ0n) is 16.9. The van der Waals surface area contributed by atoms with Crippen LogP contribution in [0.4, 0.5) is 23.2 Å². The molecule has 170 valence electrons. The third-order valence-electron chi connectivity index (χ3n) is 4.24. The molecule has 0 spiro atoms. The van der Waals surface area contributed by atoms with Gasteiger partial charge in [-0.1, -0.05) is 36.4 Å². The molecule has 0 aliphatic rings. The third kappa shape index (κ3) is 6.89. The smallest absolute Gasteiger partial charge is 0.416 e. The first-order valence-electron chi connectivity index (χ1n) is 9.50. The molecule has 3 rings (SSSR count). The molecule has 0 saturated carbocycles. The minimum atomic E-state index is -4.58. The standard InChI is InChI=1S/C23H17F4N3O3/c24-20-10-2-1-6-16(20)14-33-19-9-3-5-15(11-19)13-28-30-22(32)21(31)29-18-8-4-7-17(12-18)23(25,26)27/h1-13H,14H2,(H,29,31)(H,30,32)/b28-13+. The molecule has 2 amide bonds. The quantitative estimate of drug-likeness (QED) is 0.246. The maximum Gasteiger partial charge on any atom is 0.416 e. The number of hydrogen-bond acceptors (Lipinski definition) is 4. The number of nitrogens with one attached hydrogen (secondary N) is 2. The number of alkyl halides is 3. The number of anilines is 1. The van der Waals surface area contributed by atoms with Crippen LogP contribution in [-0.2, 0) is 22.4 Å². The van der Waals surface area contributed by atoms with Crippen LogP contribution in [0.25, 0.3) is 0 Å². The van der Waals surface area contributed by atoms with Crippen LogP contribution in [0.3, 0.4) is 0 Å². The molecule has 2 N–H and O–H groups in total. The summed E-state index contributed by atoms with van der Waals surface area (Å²) in [6.07, 6.45) is -3.34. The van der Waals surface area contributed by atoms with Crippen molar-refractivity contribution >= 4 is 23.7 Å². The number of halogens is 4. The fourth-order valence-electron chi connectivity index (χ4n) is 2.64. The van der Waals surface area contributed by atoms with E-state index in [1.165, 1.54) is 18.3 Å². The van der Waals surface area contributed by atoms with Gasteiger partial charge in [0.15, 0.2) is 0 Å². The number of hydrogen-bond donors (Lipinski definition) is 2. The molecule has 0 aliphatic carbocycles. The highest BCUT2D eigenvalue weighted by Gasteiger charge is 2.30. The first kappa shape index (κ1) is 23.5. The summed E-state index contributed by atoms with van der Waals surface area (Å²) in [6.45, 7) is 0.0136. The van der Waals surface area contributed by atoms with Gasteiger partial charge in [-0.05, 0) is 42.0 Å². The minimum Gasteiger partial charge on any atom is -0.489 e. The number of amides is 2. The van der Waals surface area contributed by atoms with Gasteiger partial charge in [0.2, 0.25) is 0 Å². The van der Waals surface area contributed by atoms with Crippen LogP contribution in [0.5, 0.6) is 5.75 Å². The predicted molar refractivity (Wildman–Crippen MR) is 113 cm³/mol. The van der Waals surface area contributed by atoms with Gasteiger partial charge in [-0.2, -0.15) is 18.3 Å². The van der Waals surface area contributed by atoms with Gasteiger partial charge in [-0.25, -0.2) is 9.82 Å². The fraction of sp³-hybridized carbons (Fsp3) is 0.0870. The summed E-state index contributed by atoms with van der Waals surface area (Å²) >= 11 is 0. The number of benzene rings is 3. The lowest BCUT2D eigenvalue weighted by atomic mass is 10.2. The number of hydrazone groups is 1. The van der Waals surface area contributed by atoms with Crippen LogP contribution in [0, 0.1) is 5.82 Å². The summed E-state index contributed by atoms with van der Waals surface area (Å²) in [5.41, 5.74) is 1.74. The molecule has 33 heavy (non-hydrogen) atoms. The zero-order valence-corrected chi connectivity index (χ0v) is 16.9. The molecule has 0 aliphatic heterocycles. The maximum absolute atomic E-state index is 13.7. The molecule has 6 nitrogen and oxygen atoms in total. The van der Waals surface area contributed by atoms with Crippen molar-refractivity contribution in [3.8, 4) is 5.75 Å². The van der Waals surface area contributed by atoms with Crippen molar-refractivity contribution < 1.29 is 31.9 Å². The second-order valence-corrected chi connectivity index (χ2v) is 6.68. The van der Waals surface area contributed by atoms with Crippen molar-refractivity contribution in [3.05, 3.63) is 95.3 Å². The summed E-state index contributed by atoms with van der Waals surface area (Å²) in [7, 11) is 0. The molecule has 0 atom stereocenters. The van der Waals surface area contributed by atoms with Gasteiger partial charge in [0.1, 0.15) is 18.2 Å². The van der Waals surface area contributed by atoms with E-state index in [0.29, 0.717) is 22.9 Å². The van der Waals surface area contributed by atoms with Gasteiger partial charge in [0, 0.05) is 11.3 Å². The first-order chi connectivity index (χ1) is 15.7. The Morgan fingerprint density at radius 2 is 1.70 bits per heavy atom. The maximum atomic E-state index is 13.7. The molecule has 0 heterocycles. The Morgan fingerprint density at radius 1 is 0.939 bits per heavy atom. The van der Waals surface area contributed by atoms with E-state index in [9.17, 15) is 27.2 Å². The molecule has 10 heteroatoms. The summed E-state index contributed by atoms with van der Waals surface area (Å²) in [5, 5.41) is 5.73. The second-order valence-electron chi connectivity index (χ2n) is 6.68. The van der Waals surface area contributed by atoms with E-state index in [4.69, 9.17) is 4.74 Å². The molecule has 3 aromatic carbocycles. The Hall–Kier alpha value is -4.21. The Kier molecular flexibility index (Phi) is 7.39. The van der Waals surface area contributed by atoms with Crippen molar-refractivity contribution in [3.63, 3.8) is 0 Å². The normalized spacial score (nSPS) is 11.3. The average Bonchev–Trinajstić information content (AvgIpc) is 2.78. The molecule has 3 aromatic rings. The summed E-state index contributed by atoms with van der Waals surface area (Å²) < 4.78 is 57.4. The van der Waals surface area contributed by atoms with E-state index in [1.807, 2.05) is 5.43 Å². The van der Waals surface area contributed by atoms with Crippen molar-refractivity contribution in [2.24, 2.45) is 5.10 Å². The minimum absolute atomic E-state index is 0.0136. The lowest BCUT2D eigenvalue weighted by Crippen LogP contribution is -2.32. The van der Waals surface area contributed by atoms with E-state index in [1.54, 1.807) is 42.5 Å². The molecule has 0 saturated heterocycles. The van der Waals surface area contributed by atoms with Gasteiger partial charge in [-0.3, -0.25) is 9.59 Å². The number of rotatable bonds is 6. The summed E-state index contributed by atoms with van der Waals surface area (Å²) in [4.78, 5) is 23.7. The van der Waals surface area contributed by atoms with Crippen LogP contribution >= 0.6 is 0 Å². The van der Waals surface area contributed by atoms with Gasteiger partial charge >= 0.3 is 18.0 Å². The highest BCUT2D eigenvalue weighted by Crippen LogP contribution is 2.30. The highest BCUT2D eigenvalue weighted by molar-refractivity contribution is 6.39. The number of carbonyl (C=O) groups is 2. The van der Waals surface area contributed by atoms with Gasteiger partial charge in [0.05, 0.1) is 11.8 Å². The fourth-order valence-corrected chi connectivity index (χ4v) is 2.64. The van der Waals surface area contributed by atoms with Crippen LogP contribution in [0.2, 0.25) is 0 Å². The second kappa shape index (κ2) is 10.4. The van der Waals surface area contributed by atoms with Crippen molar-refractivity contribution in [1.29, 1.82) is 0 Å². The molecule has 0 unspecified atom stereocenters. The third-order valence-corrected chi connectivity index (χ3v) is 4.24. The predicted octanol–water partition coefficient (Wildman–Crippen LogP) is 4.51. The highest BCUT2D eigenvalue weighted by atomic mass is 19.4. The molecule has 0 radical (unpaired) electrons. The Labute approximate surface area is 185 Å². The monoisotopic (exact) mass is 459 g/mol. The SMILES string of the molecule is O=C(N/N=C/c1cccc(OCc2ccccc2F)c1)C(=O)Nc1cccc(C(F)(F)F)c1. The van der Waals surface area contributed by atoms with Gasteiger partial charge in [0.25, 0.3) is 0 Å². The number of ether oxygens (including phenoxy) is 1. The zero-order chi connectivity index (χ0) is 23.8. The van der Waals surface area contributed by atoms with Gasteiger partial charge < -0.3 is 10.1 Å². The number of carbonyl (C=O) groups excluding carboxylic acids is 2. The summed E-state index contributed by atoms with van der Waals surface area (Å²) in [6, 6.07) is 16.6.